The number of benzene rings is 3. The van der Waals surface area contributed by atoms with Gasteiger partial charge in [0.2, 0.25) is 0 Å². The minimum atomic E-state index is -0.541. The number of aliphatic imine (C=N–C) groups is 1. The molecular formula is C34H33Cl2N3O5. The molecule has 8 nitrogen and oxygen atoms in total. The van der Waals surface area contributed by atoms with Gasteiger partial charge in [0.15, 0.2) is 0 Å². The first-order valence-electron chi connectivity index (χ1n) is 14.5. The van der Waals surface area contributed by atoms with Crippen LogP contribution in [-0.4, -0.2) is 36.1 Å². The van der Waals surface area contributed by atoms with Crippen molar-refractivity contribution in [2.75, 3.05) is 12.4 Å². The quantitative estimate of drug-likeness (QED) is 0.130. The van der Waals surface area contributed by atoms with Crippen molar-refractivity contribution in [2.45, 2.75) is 58.2 Å². The number of urea groups is 1. The lowest BCUT2D eigenvalue weighted by Gasteiger charge is -2.18. The van der Waals surface area contributed by atoms with Gasteiger partial charge in [0.1, 0.15) is 11.5 Å². The number of esters is 1. The van der Waals surface area contributed by atoms with Gasteiger partial charge >= 0.3 is 12.0 Å². The Morgan fingerprint density at radius 2 is 1.77 bits per heavy atom. The monoisotopic (exact) mass is 633 g/mol. The Labute approximate surface area is 266 Å². The summed E-state index contributed by atoms with van der Waals surface area (Å²) in [6, 6.07) is 19.2. The lowest BCUT2D eigenvalue weighted by atomic mass is 9.99. The molecule has 1 fully saturated rings. The zero-order valence-electron chi connectivity index (χ0n) is 24.7. The van der Waals surface area contributed by atoms with Crippen LogP contribution < -0.4 is 5.32 Å². The van der Waals surface area contributed by atoms with Crippen molar-refractivity contribution in [2.24, 2.45) is 4.99 Å². The Bertz CT molecular complexity index is 1660. The number of nitrogens with one attached hydrogen (secondary N) is 1. The summed E-state index contributed by atoms with van der Waals surface area (Å²) in [5, 5.41) is 8.13. The normalized spacial score (nSPS) is 13.9. The third-order valence-corrected chi connectivity index (χ3v) is 8.14. The number of anilines is 1. The number of hydrogen-bond acceptors (Lipinski definition) is 6. The average Bonchev–Trinajstić information content (AvgIpc) is 3.80. The summed E-state index contributed by atoms with van der Waals surface area (Å²) < 4.78 is 17.1. The molecule has 0 spiro atoms. The van der Waals surface area contributed by atoms with Crippen molar-refractivity contribution in [1.29, 1.82) is 0 Å². The molecular weight excluding hydrogens is 601 g/mol. The molecule has 5 rings (SSSR count). The summed E-state index contributed by atoms with van der Waals surface area (Å²) in [6.07, 6.45) is 2.71. The first-order chi connectivity index (χ1) is 21.3. The molecule has 0 aliphatic heterocycles. The maximum absolute atomic E-state index is 13.1. The van der Waals surface area contributed by atoms with Crippen molar-refractivity contribution < 1.29 is 23.6 Å². The molecule has 1 aliphatic carbocycles. The highest BCUT2D eigenvalue weighted by Crippen LogP contribution is 2.46. The number of hydrogen-bond donors (Lipinski definition) is 1. The largest absolute Gasteiger partial charge is 0.465 e. The summed E-state index contributed by atoms with van der Waals surface area (Å²) in [7, 11) is 1.34. The fraction of sp³-hybridized carbons (Fsp3) is 0.294. The Morgan fingerprint density at radius 3 is 2.41 bits per heavy atom. The predicted molar refractivity (Wildman–Crippen MR) is 173 cm³/mol. The molecule has 1 saturated carbocycles. The lowest BCUT2D eigenvalue weighted by Crippen LogP contribution is -2.25. The van der Waals surface area contributed by atoms with Gasteiger partial charge in [-0.25, -0.2) is 14.6 Å². The summed E-state index contributed by atoms with van der Waals surface area (Å²) in [5.74, 6) is 0.601. The number of halogens is 2. The maximum atomic E-state index is 13.1. The molecule has 1 unspecified atom stereocenters. The molecule has 228 valence electrons. The Hall–Kier alpha value is -3.98. The Morgan fingerprint density at radius 1 is 1.05 bits per heavy atom. The van der Waals surface area contributed by atoms with E-state index in [0.717, 1.165) is 29.7 Å². The average molecular weight is 635 g/mol. The van der Waals surface area contributed by atoms with Crippen LogP contribution in [0.4, 0.5) is 10.5 Å². The van der Waals surface area contributed by atoms with Crippen molar-refractivity contribution in [1.82, 2.24) is 5.16 Å². The molecule has 0 saturated heterocycles. The minimum absolute atomic E-state index is 0.195. The Balaban J connectivity index is 1.36. The van der Waals surface area contributed by atoms with Gasteiger partial charge < -0.3 is 19.3 Å². The second kappa shape index (κ2) is 14.2. The maximum Gasteiger partial charge on any atom is 0.345 e. The number of aromatic nitrogens is 1. The zero-order valence-corrected chi connectivity index (χ0v) is 26.2. The van der Waals surface area contributed by atoms with Crippen LogP contribution in [0.1, 0.15) is 67.1 Å². The molecule has 1 heterocycles. The van der Waals surface area contributed by atoms with Gasteiger partial charge in [0.25, 0.3) is 0 Å². The number of nitrogens with zero attached hydrogens (tertiary/aromatic N) is 2. The van der Waals surface area contributed by atoms with Crippen LogP contribution in [0.5, 0.6) is 0 Å². The van der Waals surface area contributed by atoms with E-state index in [0.29, 0.717) is 56.7 Å². The highest BCUT2D eigenvalue weighted by molar-refractivity contribution is 6.39. The highest BCUT2D eigenvalue weighted by Gasteiger charge is 2.34. The van der Waals surface area contributed by atoms with Gasteiger partial charge in [0, 0.05) is 22.7 Å². The fourth-order valence-corrected chi connectivity index (χ4v) is 5.69. The van der Waals surface area contributed by atoms with E-state index in [1.807, 2.05) is 44.2 Å². The first kappa shape index (κ1) is 31.4. The smallest absolute Gasteiger partial charge is 0.345 e. The van der Waals surface area contributed by atoms with Crippen LogP contribution in [0.15, 0.2) is 76.2 Å². The first-order valence-corrected chi connectivity index (χ1v) is 15.3. The van der Waals surface area contributed by atoms with Crippen LogP contribution in [0.25, 0.3) is 22.4 Å². The molecule has 1 N–H and O–H groups in total. The van der Waals surface area contributed by atoms with E-state index in [1.165, 1.54) is 7.11 Å². The van der Waals surface area contributed by atoms with Gasteiger partial charge in [0.05, 0.1) is 41.1 Å². The van der Waals surface area contributed by atoms with E-state index in [4.69, 9.17) is 37.2 Å². The van der Waals surface area contributed by atoms with Crippen molar-refractivity contribution in [3.05, 3.63) is 93.7 Å². The molecule has 1 atom stereocenters. The zero-order chi connectivity index (χ0) is 31.2. The summed E-state index contributed by atoms with van der Waals surface area (Å²) in [5.41, 5.74) is 4.92. The van der Waals surface area contributed by atoms with Crippen LogP contribution >= 0.6 is 23.2 Å². The second-order valence-corrected chi connectivity index (χ2v) is 11.3. The summed E-state index contributed by atoms with van der Waals surface area (Å²) in [4.78, 5) is 29.9. The van der Waals surface area contributed by atoms with Crippen LogP contribution in [0, 0.1) is 0 Å². The molecule has 1 aromatic heterocycles. The number of methoxy groups -OCH3 is 1. The second-order valence-electron chi connectivity index (χ2n) is 10.5. The summed E-state index contributed by atoms with van der Waals surface area (Å²) >= 11 is 13.0. The van der Waals surface area contributed by atoms with Gasteiger partial charge in [-0.1, -0.05) is 78.6 Å². The summed E-state index contributed by atoms with van der Waals surface area (Å²) in [6.45, 7) is 4.11. The van der Waals surface area contributed by atoms with Gasteiger partial charge in [-0.15, -0.1) is 0 Å². The molecule has 10 heteroatoms. The van der Waals surface area contributed by atoms with E-state index >= 15 is 0 Å². The fourth-order valence-electron chi connectivity index (χ4n) is 5.11. The third-order valence-electron chi connectivity index (χ3n) is 7.51. The number of ether oxygens (including phenoxy) is 2. The highest BCUT2D eigenvalue weighted by atomic mass is 35.5. The standard InChI is InChI=1S/C34H33Cl2N3O5/c1-4-28(38-34(41)37-22-16-17-23(33(40)42-3)24(18-22)20-10-7-6-8-11-20)29(5-2)43-19-25-31(39-44-32(25)21-14-15-21)30-26(35)12-9-13-27(30)36/h6-13,16-18,21,29H,4-5,14-15,19H2,1-3H3,(H,37,41). The molecule has 0 bridgehead atoms. The van der Waals surface area contributed by atoms with E-state index in [9.17, 15) is 9.59 Å². The number of amides is 2. The molecule has 1 aliphatic rings. The van der Waals surface area contributed by atoms with Crippen LogP contribution in [0.2, 0.25) is 10.0 Å². The van der Waals surface area contributed by atoms with E-state index < -0.39 is 18.1 Å². The molecule has 0 radical (unpaired) electrons. The molecule has 4 aromatic rings. The van der Waals surface area contributed by atoms with Crippen molar-refractivity contribution in [3.8, 4) is 22.4 Å². The molecule has 3 aromatic carbocycles. The molecule has 44 heavy (non-hydrogen) atoms. The topological polar surface area (TPSA) is 103 Å². The van der Waals surface area contributed by atoms with E-state index in [1.54, 1.807) is 36.4 Å². The Kier molecular flexibility index (Phi) is 10.1. The van der Waals surface area contributed by atoms with Crippen molar-refractivity contribution in [3.63, 3.8) is 0 Å². The number of carbonyl (C=O) groups excluding carboxylic acids is 2. The third kappa shape index (κ3) is 7.04. The molecule has 2 amide bonds. The van der Waals surface area contributed by atoms with Gasteiger partial charge in [-0.05, 0) is 67.1 Å². The number of rotatable bonds is 11. The van der Waals surface area contributed by atoms with Crippen LogP contribution in [-0.2, 0) is 16.1 Å². The van der Waals surface area contributed by atoms with Gasteiger partial charge in [-0.3, -0.25) is 0 Å². The van der Waals surface area contributed by atoms with Crippen LogP contribution in [0.3, 0.4) is 0 Å². The van der Waals surface area contributed by atoms with Gasteiger partial charge in [-0.2, -0.15) is 0 Å². The van der Waals surface area contributed by atoms with Crippen molar-refractivity contribution >= 4 is 46.6 Å². The minimum Gasteiger partial charge on any atom is -0.465 e. The number of carbonyl (C=O) groups is 2. The van der Waals surface area contributed by atoms with E-state index in [2.05, 4.69) is 15.5 Å². The lowest BCUT2D eigenvalue weighted by molar-refractivity contribution is 0.0601. The van der Waals surface area contributed by atoms with E-state index in [-0.39, 0.29) is 12.5 Å². The SMILES string of the molecule is CCC(=NC(=O)Nc1ccc(C(=O)OC)c(-c2ccccc2)c1)C(CC)OCc1c(-c2c(Cl)cccc2Cl)noc1C1CC1. The predicted octanol–water partition coefficient (Wildman–Crippen LogP) is 9.36.